The van der Waals surface area contributed by atoms with Gasteiger partial charge in [0.2, 0.25) is 11.8 Å². The average Bonchev–Trinajstić information content (AvgIpc) is 3.34. The number of rotatable bonds is 5. The second kappa shape index (κ2) is 8.53. The predicted octanol–water partition coefficient (Wildman–Crippen LogP) is 2.58. The molecule has 2 aliphatic heterocycles. The average molecular weight is 458 g/mol. The maximum absolute atomic E-state index is 13.0. The van der Waals surface area contributed by atoms with Crippen LogP contribution in [0.15, 0.2) is 48.7 Å². The Labute approximate surface area is 198 Å². The summed E-state index contributed by atoms with van der Waals surface area (Å²) in [6.45, 7) is 1.23. The van der Waals surface area contributed by atoms with E-state index in [1.807, 2.05) is 50.2 Å². The van der Waals surface area contributed by atoms with Crippen LogP contribution in [0, 0.1) is 0 Å². The molecular formula is C26H27N5O3. The maximum atomic E-state index is 13.0. The fourth-order valence-electron chi connectivity index (χ4n) is 4.87. The first kappa shape index (κ1) is 22.0. The highest BCUT2D eigenvalue weighted by Crippen LogP contribution is 2.35. The van der Waals surface area contributed by atoms with Crippen LogP contribution in [0.3, 0.4) is 0 Å². The van der Waals surface area contributed by atoms with Gasteiger partial charge >= 0.3 is 0 Å². The molecule has 3 heterocycles. The Bertz CT molecular complexity index is 1290. The third-order valence-corrected chi connectivity index (χ3v) is 6.50. The van der Waals surface area contributed by atoms with Crippen LogP contribution in [0.2, 0.25) is 0 Å². The molecule has 5 rings (SSSR count). The summed E-state index contributed by atoms with van der Waals surface area (Å²) in [4.78, 5) is 40.6. The van der Waals surface area contributed by atoms with Crippen molar-refractivity contribution in [3.63, 3.8) is 0 Å². The summed E-state index contributed by atoms with van der Waals surface area (Å²) in [5.41, 5.74) is 6.74. The van der Waals surface area contributed by atoms with Crippen LogP contribution in [-0.2, 0) is 29.7 Å². The summed E-state index contributed by atoms with van der Waals surface area (Å²) >= 11 is 0. The molecule has 8 heteroatoms. The van der Waals surface area contributed by atoms with Crippen LogP contribution >= 0.6 is 0 Å². The van der Waals surface area contributed by atoms with Gasteiger partial charge in [-0.3, -0.25) is 24.4 Å². The van der Waals surface area contributed by atoms with Crippen LogP contribution in [0.25, 0.3) is 22.4 Å². The Morgan fingerprint density at radius 3 is 2.47 bits per heavy atom. The molecule has 34 heavy (non-hydrogen) atoms. The molecule has 2 aromatic carbocycles. The zero-order valence-electron chi connectivity index (χ0n) is 19.5. The number of imide groups is 1. The summed E-state index contributed by atoms with van der Waals surface area (Å²) in [7, 11) is 6.02. The molecule has 3 amide bonds. The summed E-state index contributed by atoms with van der Waals surface area (Å²) in [6.07, 6.45) is 2.45. The number of aromatic nitrogens is 2. The number of piperidine rings is 1. The lowest BCUT2D eigenvalue weighted by molar-refractivity contribution is -0.136. The maximum Gasteiger partial charge on any atom is 0.255 e. The highest BCUT2D eigenvalue weighted by molar-refractivity contribution is 6.05. The second-order valence-electron chi connectivity index (χ2n) is 9.24. The first-order valence-corrected chi connectivity index (χ1v) is 11.4. The molecule has 0 aliphatic carbocycles. The number of hydrogen-bond acceptors (Lipinski definition) is 5. The highest BCUT2D eigenvalue weighted by Gasteiger charge is 2.39. The van der Waals surface area contributed by atoms with Crippen LogP contribution in [0.1, 0.15) is 34.3 Å². The van der Waals surface area contributed by atoms with Crippen molar-refractivity contribution in [3.05, 3.63) is 65.4 Å². The zero-order chi connectivity index (χ0) is 24.0. The van der Waals surface area contributed by atoms with Crippen molar-refractivity contribution in [2.45, 2.75) is 32.0 Å². The van der Waals surface area contributed by atoms with E-state index in [9.17, 15) is 14.4 Å². The smallest absolute Gasteiger partial charge is 0.255 e. The number of aryl methyl sites for hydroxylation is 1. The quantitative estimate of drug-likeness (QED) is 0.595. The number of benzene rings is 2. The SMILES string of the molecule is CN(C)Cc1ccc(-c2c(-c3ccc4c(c3)CN(C3CCC(=O)NC3=O)C4=O)cnn2C)cc1. The van der Waals surface area contributed by atoms with Gasteiger partial charge in [0.15, 0.2) is 0 Å². The molecule has 1 atom stereocenters. The number of nitrogens with one attached hydrogen (secondary N) is 1. The third-order valence-electron chi connectivity index (χ3n) is 6.50. The minimum atomic E-state index is -0.615. The molecule has 1 N–H and O–H groups in total. The Hall–Kier alpha value is -3.78. The summed E-state index contributed by atoms with van der Waals surface area (Å²) in [5.74, 6) is -0.852. The second-order valence-corrected chi connectivity index (χ2v) is 9.24. The van der Waals surface area contributed by atoms with Crippen molar-refractivity contribution < 1.29 is 14.4 Å². The van der Waals surface area contributed by atoms with Gasteiger partial charge in [0.25, 0.3) is 5.91 Å². The molecular weight excluding hydrogens is 430 g/mol. The van der Waals surface area contributed by atoms with E-state index in [1.54, 1.807) is 4.90 Å². The van der Waals surface area contributed by atoms with Crippen molar-refractivity contribution in [2.75, 3.05) is 14.1 Å². The number of fused-ring (bicyclic) bond motifs is 1. The van der Waals surface area contributed by atoms with E-state index in [0.29, 0.717) is 18.5 Å². The van der Waals surface area contributed by atoms with Crippen molar-refractivity contribution in [1.82, 2.24) is 24.9 Å². The first-order chi connectivity index (χ1) is 16.3. The largest absolute Gasteiger partial charge is 0.322 e. The molecule has 174 valence electrons. The molecule has 3 aromatic rings. The minimum absolute atomic E-state index is 0.168. The summed E-state index contributed by atoms with van der Waals surface area (Å²) in [6, 6.07) is 13.6. The van der Waals surface area contributed by atoms with E-state index in [4.69, 9.17) is 0 Å². The van der Waals surface area contributed by atoms with Crippen molar-refractivity contribution in [3.8, 4) is 22.4 Å². The number of nitrogens with zero attached hydrogens (tertiary/aromatic N) is 4. The number of carbonyl (C=O) groups excluding carboxylic acids is 3. The molecule has 1 unspecified atom stereocenters. The molecule has 0 spiro atoms. The molecule has 2 aliphatic rings. The Kier molecular flexibility index (Phi) is 5.53. The van der Waals surface area contributed by atoms with Gasteiger partial charge in [-0.05, 0) is 49.3 Å². The summed E-state index contributed by atoms with van der Waals surface area (Å²) in [5, 5.41) is 6.85. The molecule has 0 saturated carbocycles. The zero-order valence-corrected chi connectivity index (χ0v) is 19.5. The van der Waals surface area contributed by atoms with E-state index in [1.165, 1.54) is 5.56 Å². The van der Waals surface area contributed by atoms with Crippen molar-refractivity contribution in [2.24, 2.45) is 7.05 Å². The fourth-order valence-corrected chi connectivity index (χ4v) is 4.87. The van der Waals surface area contributed by atoms with E-state index < -0.39 is 11.9 Å². The molecule has 1 saturated heterocycles. The fraction of sp³-hybridized carbons (Fsp3) is 0.308. The third kappa shape index (κ3) is 3.90. The molecule has 1 aromatic heterocycles. The van der Waals surface area contributed by atoms with Gasteiger partial charge in [-0.1, -0.05) is 30.3 Å². The molecule has 0 radical (unpaired) electrons. The van der Waals surface area contributed by atoms with Gasteiger partial charge in [0, 0.05) is 43.2 Å². The van der Waals surface area contributed by atoms with Gasteiger partial charge in [0.1, 0.15) is 6.04 Å². The first-order valence-electron chi connectivity index (χ1n) is 11.4. The standard InChI is InChI=1S/C26H27N5O3/c1-29(2)14-16-4-6-17(7-5-16)24-21(13-27-30(24)3)18-8-9-20-19(12-18)15-31(26(20)34)22-10-11-23(32)28-25(22)33/h4-9,12-13,22H,10-11,14-15H2,1-3H3,(H,28,32,33). The van der Waals surface area contributed by atoms with Gasteiger partial charge in [-0.2, -0.15) is 5.10 Å². The lowest BCUT2D eigenvalue weighted by atomic mass is 9.97. The topological polar surface area (TPSA) is 87.5 Å². The lowest BCUT2D eigenvalue weighted by Gasteiger charge is -2.29. The molecule has 8 nitrogen and oxygen atoms in total. The summed E-state index contributed by atoms with van der Waals surface area (Å²) < 4.78 is 1.87. The van der Waals surface area contributed by atoms with Crippen molar-refractivity contribution in [1.29, 1.82) is 0 Å². The lowest BCUT2D eigenvalue weighted by Crippen LogP contribution is -2.52. The van der Waals surface area contributed by atoms with E-state index >= 15 is 0 Å². The Morgan fingerprint density at radius 2 is 1.76 bits per heavy atom. The normalized spacial score (nSPS) is 17.9. The van der Waals surface area contributed by atoms with Crippen molar-refractivity contribution >= 4 is 17.7 Å². The van der Waals surface area contributed by atoms with E-state index in [-0.39, 0.29) is 18.2 Å². The molecule has 0 bridgehead atoms. The Morgan fingerprint density at radius 1 is 1.03 bits per heavy atom. The van der Waals surface area contributed by atoms with E-state index in [0.717, 1.165) is 34.5 Å². The van der Waals surface area contributed by atoms with Crippen LogP contribution in [0.5, 0.6) is 0 Å². The monoisotopic (exact) mass is 457 g/mol. The van der Waals surface area contributed by atoms with Gasteiger partial charge in [0.05, 0.1) is 11.9 Å². The number of amides is 3. The van der Waals surface area contributed by atoms with Crippen LogP contribution in [0.4, 0.5) is 0 Å². The number of hydrogen-bond donors (Lipinski definition) is 1. The number of carbonyl (C=O) groups is 3. The van der Waals surface area contributed by atoms with Crippen LogP contribution in [-0.4, -0.2) is 57.4 Å². The predicted molar refractivity (Wildman–Crippen MR) is 128 cm³/mol. The molecule has 1 fully saturated rings. The minimum Gasteiger partial charge on any atom is -0.322 e. The van der Waals surface area contributed by atoms with Gasteiger partial charge in [-0.25, -0.2) is 0 Å². The highest BCUT2D eigenvalue weighted by atomic mass is 16.2. The Balaban J connectivity index is 1.44. The van der Waals surface area contributed by atoms with Crippen LogP contribution < -0.4 is 5.32 Å². The van der Waals surface area contributed by atoms with E-state index in [2.05, 4.69) is 39.6 Å². The van der Waals surface area contributed by atoms with Gasteiger partial charge < -0.3 is 9.80 Å². The van der Waals surface area contributed by atoms with Gasteiger partial charge in [-0.15, -0.1) is 0 Å².